The first-order chi connectivity index (χ1) is 14.4. The second-order valence-electron chi connectivity index (χ2n) is 6.97. The second kappa shape index (κ2) is 9.73. The highest BCUT2D eigenvalue weighted by atomic mass is 32.2. The van der Waals surface area contributed by atoms with Crippen molar-refractivity contribution < 1.29 is 22.7 Å². The van der Waals surface area contributed by atoms with E-state index < -0.39 is 21.8 Å². The van der Waals surface area contributed by atoms with Crippen LogP contribution in [0, 0.1) is 0 Å². The number of ether oxygens (including phenoxy) is 1. The van der Waals surface area contributed by atoms with Crippen LogP contribution in [0.15, 0.2) is 59.5 Å². The third-order valence-corrected chi connectivity index (χ3v) is 6.96. The van der Waals surface area contributed by atoms with Crippen LogP contribution in [0.3, 0.4) is 0 Å². The number of sulfonamides is 1. The Balaban J connectivity index is 1.52. The maximum atomic E-state index is 12.9. The van der Waals surface area contributed by atoms with Crippen LogP contribution in [0.4, 0.5) is 0 Å². The molecule has 30 heavy (non-hydrogen) atoms. The van der Waals surface area contributed by atoms with E-state index in [0.717, 1.165) is 5.56 Å². The molecule has 1 atom stereocenters. The Morgan fingerprint density at radius 1 is 1.03 bits per heavy atom. The van der Waals surface area contributed by atoms with Crippen molar-refractivity contribution in [3.8, 4) is 5.75 Å². The maximum absolute atomic E-state index is 12.9. The summed E-state index contributed by atoms with van der Waals surface area (Å²) in [6, 6.07) is 14.9. The predicted molar refractivity (Wildman–Crippen MR) is 111 cm³/mol. The van der Waals surface area contributed by atoms with E-state index in [-0.39, 0.29) is 24.0 Å². The highest BCUT2D eigenvalue weighted by Gasteiger charge is 2.35. The van der Waals surface area contributed by atoms with Crippen molar-refractivity contribution in [2.24, 2.45) is 0 Å². The molecule has 0 saturated carbocycles. The number of methoxy groups -OCH3 is 1. The van der Waals surface area contributed by atoms with Gasteiger partial charge in [-0.05, 0) is 42.7 Å². The molecule has 3 rings (SSSR count). The van der Waals surface area contributed by atoms with Gasteiger partial charge in [-0.3, -0.25) is 9.59 Å². The van der Waals surface area contributed by atoms with E-state index >= 15 is 0 Å². The lowest BCUT2D eigenvalue weighted by Gasteiger charge is -2.24. The van der Waals surface area contributed by atoms with Crippen molar-refractivity contribution in [2.45, 2.75) is 30.3 Å². The summed E-state index contributed by atoms with van der Waals surface area (Å²) in [5.41, 5.74) is 0.827. The molecular weight excluding hydrogens is 406 g/mol. The summed E-state index contributed by atoms with van der Waals surface area (Å²) >= 11 is 0. The van der Waals surface area contributed by atoms with Crippen molar-refractivity contribution >= 4 is 21.8 Å². The van der Waals surface area contributed by atoms with Gasteiger partial charge in [-0.25, -0.2) is 8.42 Å². The third-order valence-electron chi connectivity index (χ3n) is 4.99. The van der Waals surface area contributed by atoms with Crippen LogP contribution in [-0.2, 0) is 26.2 Å². The molecule has 1 heterocycles. The number of amides is 2. The van der Waals surface area contributed by atoms with Crippen LogP contribution in [-0.4, -0.2) is 50.8 Å². The van der Waals surface area contributed by atoms with Crippen LogP contribution < -0.4 is 15.4 Å². The molecular formula is C21H25N3O5S. The molecule has 1 aliphatic heterocycles. The fourth-order valence-electron chi connectivity index (χ4n) is 3.35. The van der Waals surface area contributed by atoms with Gasteiger partial charge in [0.25, 0.3) is 0 Å². The molecule has 0 aliphatic carbocycles. The van der Waals surface area contributed by atoms with Crippen molar-refractivity contribution in [2.75, 3.05) is 20.2 Å². The van der Waals surface area contributed by atoms with Gasteiger partial charge < -0.3 is 15.4 Å². The average Bonchev–Trinajstić information content (AvgIpc) is 3.26. The first-order valence-electron chi connectivity index (χ1n) is 9.67. The van der Waals surface area contributed by atoms with E-state index in [4.69, 9.17) is 4.74 Å². The van der Waals surface area contributed by atoms with E-state index in [0.29, 0.717) is 25.1 Å². The zero-order chi connectivity index (χ0) is 21.6. The van der Waals surface area contributed by atoms with E-state index in [1.807, 2.05) is 0 Å². The summed E-state index contributed by atoms with van der Waals surface area (Å²) in [6.07, 6.45) is 1.33. The van der Waals surface area contributed by atoms with Crippen molar-refractivity contribution in [3.05, 3.63) is 60.2 Å². The molecule has 2 aromatic carbocycles. The Kier molecular flexibility index (Phi) is 7.07. The Bertz CT molecular complexity index is 977. The van der Waals surface area contributed by atoms with Gasteiger partial charge in [-0.1, -0.05) is 30.3 Å². The van der Waals surface area contributed by atoms with Gasteiger partial charge in [0.2, 0.25) is 10.0 Å². The third kappa shape index (κ3) is 5.17. The lowest BCUT2D eigenvalue weighted by atomic mass is 10.2. The molecule has 8 nitrogen and oxygen atoms in total. The topological polar surface area (TPSA) is 105 Å². The number of carbonyl (C=O) groups excluding carboxylic acids is 2. The van der Waals surface area contributed by atoms with Crippen LogP contribution in [0.1, 0.15) is 18.4 Å². The Morgan fingerprint density at radius 3 is 2.37 bits per heavy atom. The zero-order valence-electron chi connectivity index (χ0n) is 16.7. The van der Waals surface area contributed by atoms with Crippen molar-refractivity contribution in [1.29, 1.82) is 0 Å². The van der Waals surface area contributed by atoms with Gasteiger partial charge in [-0.15, -0.1) is 0 Å². The first-order valence-corrected chi connectivity index (χ1v) is 11.1. The standard InChI is InChI=1S/C21H25N3O5S/c1-29-18-11-9-16(10-12-18)14-22-20(25)21(26)23-15-17-6-5-13-24(17)30(27,28)19-7-3-2-4-8-19/h2-4,7-12,17H,5-6,13-15H2,1H3,(H,22,25)(H,23,26)/t17-/m0/s1. The van der Waals surface area contributed by atoms with Gasteiger partial charge in [0.05, 0.1) is 12.0 Å². The quantitative estimate of drug-likeness (QED) is 0.643. The SMILES string of the molecule is COc1ccc(CNC(=O)C(=O)NC[C@@H]2CCCN2S(=O)(=O)c2ccccc2)cc1. The number of hydrogen-bond acceptors (Lipinski definition) is 5. The molecule has 2 aromatic rings. The summed E-state index contributed by atoms with van der Waals surface area (Å²) in [4.78, 5) is 24.4. The molecule has 160 valence electrons. The molecule has 2 N–H and O–H groups in total. The van der Waals surface area contributed by atoms with E-state index in [9.17, 15) is 18.0 Å². The van der Waals surface area contributed by atoms with Crippen LogP contribution in [0.5, 0.6) is 5.75 Å². The van der Waals surface area contributed by atoms with E-state index in [2.05, 4.69) is 10.6 Å². The average molecular weight is 432 g/mol. The molecule has 1 saturated heterocycles. The minimum atomic E-state index is -3.64. The molecule has 1 aliphatic rings. The summed E-state index contributed by atoms with van der Waals surface area (Å²) in [6.45, 7) is 0.677. The van der Waals surface area contributed by atoms with Gasteiger partial charge in [0, 0.05) is 25.7 Å². The van der Waals surface area contributed by atoms with Crippen LogP contribution in [0.2, 0.25) is 0 Å². The highest BCUT2D eigenvalue weighted by molar-refractivity contribution is 7.89. The summed E-state index contributed by atoms with van der Waals surface area (Å²) in [5, 5.41) is 5.11. The summed E-state index contributed by atoms with van der Waals surface area (Å²) in [5.74, 6) is -0.844. The summed E-state index contributed by atoms with van der Waals surface area (Å²) < 4.78 is 32.2. The monoisotopic (exact) mass is 431 g/mol. The van der Waals surface area contributed by atoms with Gasteiger partial charge in [-0.2, -0.15) is 4.31 Å². The lowest BCUT2D eigenvalue weighted by Crippen LogP contribution is -2.46. The highest BCUT2D eigenvalue weighted by Crippen LogP contribution is 2.25. The Labute approximate surface area is 176 Å². The minimum absolute atomic E-state index is 0.0842. The number of benzene rings is 2. The Hall–Kier alpha value is -2.91. The molecule has 0 spiro atoms. The van der Waals surface area contributed by atoms with Crippen LogP contribution >= 0.6 is 0 Å². The lowest BCUT2D eigenvalue weighted by molar-refractivity contribution is -0.139. The number of nitrogens with one attached hydrogen (secondary N) is 2. The van der Waals surface area contributed by atoms with Gasteiger partial charge in [0.1, 0.15) is 5.75 Å². The smallest absolute Gasteiger partial charge is 0.309 e. The van der Waals surface area contributed by atoms with Crippen molar-refractivity contribution in [1.82, 2.24) is 14.9 Å². The largest absolute Gasteiger partial charge is 0.497 e. The molecule has 9 heteroatoms. The molecule has 0 aromatic heterocycles. The minimum Gasteiger partial charge on any atom is -0.497 e. The van der Waals surface area contributed by atoms with Gasteiger partial charge in [0.15, 0.2) is 0 Å². The number of nitrogens with zero attached hydrogens (tertiary/aromatic N) is 1. The molecule has 0 radical (unpaired) electrons. The fourth-order valence-corrected chi connectivity index (χ4v) is 5.07. The molecule has 2 amide bonds. The Morgan fingerprint density at radius 2 is 1.70 bits per heavy atom. The maximum Gasteiger partial charge on any atom is 0.309 e. The number of hydrogen-bond donors (Lipinski definition) is 2. The number of carbonyl (C=O) groups is 2. The van der Waals surface area contributed by atoms with Crippen LogP contribution in [0.25, 0.3) is 0 Å². The molecule has 0 unspecified atom stereocenters. The summed E-state index contributed by atoms with van der Waals surface area (Å²) in [7, 11) is -2.07. The first kappa shape index (κ1) is 21.8. The van der Waals surface area contributed by atoms with Gasteiger partial charge >= 0.3 is 11.8 Å². The van der Waals surface area contributed by atoms with Crippen molar-refractivity contribution in [3.63, 3.8) is 0 Å². The van der Waals surface area contributed by atoms with E-state index in [1.54, 1.807) is 61.7 Å². The second-order valence-corrected chi connectivity index (χ2v) is 8.86. The van der Waals surface area contributed by atoms with E-state index in [1.165, 1.54) is 4.31 Å². The fraction of sp³-hybridized carbons (Fsp3) is 0.333. The molecule has 1 fully saturated rings. The number of rotatable bonds is 7. The predicted octanol–water partition coefficient (Wildman–Crippen LogP) is 1.28. The normalized spacial score (nSPS) is 16.8. The zero-order valence-corrected chi connectivity index (χ0v) is 17.5. The molecule has 0 bridgehead atoms.